The molecule has 4 nitrogen and oxygen atoms in total. The lowest BCUT2D eigenvalue weighted by Crippen LogP contribution is -2.43. The predicted molar refractivity (Wildman–Crippen MR) is 75.7 cm³/mol. The van der Waals surface area contributed by atoms with Gasteiger partial charge in [-0.3, -0.25) is 4.79 Å². The number of rotatable bonds is 10. The van der Waals surface area contributed by atoms with Crippen LogP contribution < -0.4 is 5.32 Å². The molecule has 0 radical (unpaired) electrons. The Hall–Kier alpha value is -0.610. The smallest absolute Gasteiger partial charge is 0.323 e. The summed E-state index contributed by atoms with van der Waals surface area (Å²) in [6.45, 7) is 14.8. The number of carbonyl (C=O) groups is 1. The minimum Gasteiger partial charge on any atom is -0.465 e. The number of likely N-dealkylation sites (N-methyl/N-ethyl adjacent to an activating group) is 1. The summed E-state index contributed by atoms with van der Waals surface area (Å²) in [4.78, 5) is 14.1. The molecule has 0 spiro atoms. The maximum atomic E-state index is 11.8. The molecule has 4 heteroatoms. The summed E-state index contributed by atoms with van der Waals surface area (Å²) in [7, 11) is 0. The van der Waals surface area contributed by atoms with Gasteiger partial charge >= 0.3 is 5.97 Å². The maximum Gasteiger partial charge on any atom is 0.323 e. The van der Waals surface area contributed by atoms with Crippen LogP contribution in [0.5, 0.6) is 0 Å². The van der Waals surface area contributed by atoms with E-state index in [1.807, 2.05) is 6.92 Å². The summed E-state index contributed by atoms with van der Waals surface area (Å²) in [5.41, 5.74) is 0. The number of carbonyl (C=O) groups excluding carboxylic acids is 1. The number of nitrogens with one attached hydrogen (secondary N) is 1. The Balaban J connectivity index is 4.11. The third-order valence-electron chi connectivity index (χ3n) is 2.99. The minimum atomic E-state index is -0.166. The average molecular weight is 258 g/mol. The topological polar surface area (TPSA) is 41.6 Å². The van der Waals surface area contributed by atoms with Crippen molar-refractivity contribution in [1.29, 1.82) is 0 Å². The molecule has 0 rings (SSSR count). The zero-order valence-electron chi connectivity index (χ0n) is 12.7. The van der Waals surface area contributed by atoms with Crippen molar-refractivity contribution in [1.82, 2.24) is 10.2 Å². The van der Waals surface area contributed by atoms with E-state index in [2.05, 4.69) is 37.9 Å². The number of hydrogen-bond acceptors (Lipinski definition) is 4. The highest BCUT2D eigenvalue weighted by Gasteiger charge is 2.20. The van der Waals surface area contributed by atoms with Gasteiger partial charge in [-0.1, -0.05) is 27.7 Å². The van der Waals surface area contributed by atoms with Gasteiger partial charge in [-0.25, -0.2) is 0 Å². The molecule has 0 saturated heterocycles. The SMILES string of the molecule is CCOC(=O)C(CC(C)C)NCCN(CC)CC. The van der Waals surface area contributed by atoms with Crippen molar-refractivity contribution in [2.75, 3.05) is 32.8 Å². The first-order chi connectivity index (χ1) is 8.54. The summed E-state index contributed by atoms with van der Waals surface area (Å²) in [5.74, 6) is 0.367. The molecule has 0 amide bonds. The molecular formula is C14H30N2O2. The van der Waals surface area contributed by atoms with Crippen LogP contribution in [0.2, 0.25) is 0 Å². The average Bonchev–Trinajstić information content (AvgIpc) is 2.33. The summed E-state index contributed by atoms with van der Waals surface area (Å²) < 4.78 is 5.10. The molecule has 0 aromatic rings. The second-order valence-electron chi connectivity index (χ2n) is 4.92. The molecule has 0 saturated carbocycles. The van der Waals surface area contributed by atoms with Crippen LogP contribution in [0, 0.1) is 5.92 Å². The van der Waals surface area contributed by atoms with Gasteiger partial charge < -0.3 is 15.0 Å². The van der Waals surface area contributed by atoms with Crippen LogP contribution in [0.4, 0.5) is 0 Å². The van der Waals surface area contributed by atoms with E-state index in [1.165, 1.54) is 0 Å². The van der Waals surface area contributed by atoms with Crippen molar-refractivity contribution in [2.24, 2.45) is 5.92 Å². The standard InChI is InChI=1S/C14H30N2O2/c1-6-16(7-2)10-9-15-13(11-12(4)5)14(17)18-8-3/h12-13,15H,6-11H2,1-5H3. The first-order valence-electron chi connectivity index (χ1n) is 7.17. The lowest BCUT2D eigenvalue weighted by atomic mass is 10.0. The van der Waals surface area contributed by atoms with E-state index < -0.39 is 0 Å². The summed E-state index contributed by atoms with van der Waals surface area (Å²) in [5, 5.41) is 3.32. The molecular weight excluding hydrogens is 228 g/mol. The lowest BCUT2D eigenvalue weighted by molar-refractivity contribution is -0.146. The molecule has 18 heavy (non-hydrogen) atoms. The predicted octanol–water partition coefficient (Wildman–Crippen LogP) is 1.90. The Morgan fingerprint density at radius 1 is 1.22 bits per heavy atom. The van der Waals surface area contributed by atoms with Gasteiger partial charge in [-0.15, -0.1) is 0 Å². The van der Waals surface area contributed by atoms with Crippen LogP contribution >= 0.6 is 0 Å². The number of esters is 1. The molecule has 0 aromatic carbocycles. The van der Waals surface area contributed by atoms with Crippen LogP contribution in [-0.2, 0) is 9.53 Å². The van der Waals surface area contributed by atoms with Crippen molar-refractivity contribution >= 4 is 5.97 Å². The summed E-state index contributed by atoms with van der Waals surface area (Å²) in [6.07, 6.45) is 0.830. The highest BCUT2D eigenvalue weighted by atomic mass is 16.5. The van der Waals surface area contributed by atoms with Gasteiger partial charge in [0.25, 0.3) is 0 Å². The number of ether oxygens (including phenoxy) is 1. The van der Waals surface area contributed by atoms with Gasteiger partial charge in [0.2, 0.25) is 0 Å². The Bertz CT molecular complexity index is 216. The van der Waals surface area contributed by atoms with Gasteiger partial charge in [0.05, 0.1) is 6.61 Å². The quantitative estimate of drug-likeness (QED) is 0.608. The molecule has 108 valence electrons. The zero-order valence-corrected chi connectivity index (χ0v) is 12.7. The third-order valence-corrected chi connectivity index (χ3v) is 2.99. The third kappa shape index (κ3) is 7.67. The molecule has 0 bridgehead atoms. The van der Waals surface area contributed by atoms with Gasteiger partial charge in [0, 0.05) is 13.1 Å². The van der Waals surface area contributed by atoms with Crippen LogP contribution in [-0.4, -0.2) is 49.7 Å². The normalized spacial score (nSPS) is 13.1. The Morgan fingerprint density at radius 2 is 1.83 bits per heavy atom. The molecule has 1 N–H and O–H groups in total. The van der Waals surface area contributed by atoms with Gasteiger partial charge in [-0.2, -0.15) is 0 Å². The van der Waals surface area contributed by atoms with Crippen molar-refractivity contribution in [3.8, 4) is 0 Å². The maximum absolute atomic E-state index is 11.8. The first kappa shape index (κ1) is 17.4. The van der Waals surface area contributed by atoms with E-state index in [0.29, 0.717) is 12.5 Å². The second kappa shape index (κ2) is 10.3. The molecule has 0 fully saturated rings. The minimum absolute atomic E-state index is 0.120. The van der Waals surface area contributed by atoms with Crippen molar-refractivity contribution in [3.63, 3.8) is 0 Å². The second-order valence-corrected chi connectivity index (χ2v) is 4.92. The van der Waals surface area contributed by atoms with E-state index in [0.717, 1.165) is 32.6 Å². The summed E-state index contributed by atoms with van der Waals surface area (Å²) in [6, 6.07) is -0.166. The molecule has 0 aliphatic heterocycles. The zero-order chi connectivity index (χ0) is 14.0. The van der Waals surface area contributed by atoms with Gasteiger partial charge in [0.1, 0.15) is 6.04 Å². The molecule has 0 aliphatic rings. The number of hydrogen-bond donors (Lipinski definition) is 1. The van der Waals surface area contributed by atoms with Crippen LogP contribution in [0.25, 0.3) is 0 Å². The first-order valence-corrected chi connectivity index (χ1v) is 7.17. The molecule has 0 aliphatic carbocycles. The highest BCUT2D eigenvalue weighted by molar-refractivity contribution is 5.75. The summed E-state index contributed by atoms with van der Waals surface area (Å²) >= 11 is 0. The van der Waals surface area contributed by atoms with Gasteiger partial charge in [0.15, 0.2) is 0 Å². The molecule has 1 unspecified atom stereocenters. The Kier molecular flexibility index (Phi) is 9.98. The van der Waals surface area contributed by atoms with Crippen LogP contribution in [0.1, 0.15) is 41.0 Å². The van der Waals surface area contributed by atoms with E-state index in [9.17, 15) is 4.79 Å². The fourth-order valence-corrected chi connectivity index (χ4v) is 1.91. The Morgan fingerprint density at radius 3 is 2.28 bits per heavy atom. The molecule has 0 heterocycles. The van der Waals surface area contributed by atoms with Crippen molar-refractivity contribution in [2.45, 2.75) is 47.1 Å². The van der Waals surface area contributed by atoms with Crippen LogP contribution in [0.3, 0.4) is 0 Å². The highest BCUT2D eigenvalue weighted by Crippen LogP contribution is 2.06. The van der Waals surface area contributed by atoms with Crippen LogP contribution in [0.15, 0.2) is 0 Å². The molecule has 0 aromatic heterocycles. The lowest BCUT2D eigenvalue weighted by Gasteiger charge is -2.22. The fourth-order valence-electron chi connectivity index (χ4n) is 1.91. The van der Waals surface area contributed by atoms with E-state index in [1.54, 1.807) is 0 Å². The largest absolute Gasteiger partial charge is 0.465 e. The molecule has 1 atom stereocenters. The fraction of sp³-hybridized carbons (Fsp3) is 0.929. The van der Waals surface area contributed by atoms with E-state index in [-0.39, 0.29) is 12.0 Å². The monoisotopic (exact) mass is 258 g/mol. The van der Waals surface area contributed by atoms with Crippen molar-refractivity contribution in [3.05, 3.63) is 0 Å². The van der Waals surface area contributed by atoms with Crippen molar-refractivity contribution < 1.29 is 9.53 Å². The van der Waals surface area contributed by atoms with E-state index >= 15 is 0 Å². The van der Waals surface area contributed by atoms with Gasteiger partial charge in [-0.05, 0) is 32.4 Å². The van der Waals surface area contributed by atoms with E-state index in [4.69, 9.17) is 4.74 Å². The number of nitrogens with zero attached hydrogens (tertiary/aromatic N) is 1. The Labute approximate surface area is 112 Å².